The summed E-state index contributed by atoms with van der Waals surface area (Å²) in [5.41, 5.74) is 0.734. The van der Waals surface area contributed by atoms with E-state index in [1.54, 1.807) is 18.2 Å². The van der Waals surface area contributed by atoms with Crippen LogP contribution in [0, 0.1) is 23.2 Å². The van der Waals surface area contributed by atoms with Gasteiger partial charge in [0.2, 0.25) is 12.7 Å². The molecule has 0 radical (unpaired) electrons. The fraction of sp³-hybridized carbons (Fsp3) is 0.636. The zero-order valence-corrected chi connectivity index (χ0v) is 16.3. The van der Waals surface area contributed by atoms with Gasteiger partial charge in [-0.2, -0.15) is 0 Å². The Morgan fingerprint density at radius 3 is 2.39 bits per heavy atom. The maximum absolute atomic E-state index is 12.5. The third-order valence-electron chi connectivity index (χ3n) is 7.43. The van der Waals surface area contributed by atoms with E-state index in [0.29, 0.717) is 17.1 Å². The highest BCUT2D eigenvalue weighted by Crippen LogP contribution is 2.61. The molecule has 28 heavy (non-hydrogen) atoms. The smallest absolute Gasteiger partial charge is 0.251 e. The lowest BCUT2D eigenvalue weighted by atomic mass is 9.48. The number of benzene rings is 1. The van der Waals surface area contributed by atoms with Crippen LogP contribution in [0.1, 0.15) is 55.8 Å². The number of amides is 2. The first kappa shape index (κ1) is 17.8. The SMILES string of the molecule is C[C@H](NC(=O)CNC(=O)c1ccc2c(c1)OCO2)C12CC3CC(CC(C3)C1)C2. The van der Waals surface area contributed by atoms with Gasteiger partial charge in [-0.1, -0.05) is 0 Å². The number of fused-ring (bicyclic) bond motifs is 1. The second-order valence-electron chi connectivity index (χ2n) is 9.32. The average Bonchev–Trinajstić information content (AvgIpc) is 3.12. The van der Waals surface area contributed by atoms with Gasteiger partial charge in [0.25, 0.3) is 5.91 Å². The van der Waals surface area contributed by atoms with Crippen LogP contribution in [-0.4, -0.2) is 31.2 Å². The Morgan fingerprint density at radius 1 is 1.07 bits per heavy atom. The highest BCUT2D eigenvalue weighted by atomic mass is 16.7. The summed E-state index contributed by atoms with van der Waals surface area (Å²) in [7, 11) is 0. The molecule has 6 heteroatoms. The van der Waals surface area contributed by atoms with Gasteiger partial charge in [-0.25, -0.2) is 0 Å². The molecular weight excluding hydrogens is 356 g/mol. The number of hydrogen-bond donors (Lipinski definition) is 2. The molecule has 0 unspecified atom stereocenters. The van der Waals surface area contributed by atoms with Gasteiger partial charge in [-0.3, -0.25) is 9.59 Å². The van der Waals surface area contributed by atoms with Crippen molar-refractivity contribution < 1.29 is 19.1 Å². The normalized spacial score (nSPS) is 32.8. The van der Waals surface area contributed by atoms with Gasteiger partial charge >= 0.3 is 0 Å². The summed E-state index contributed by atoms with van der Waals surface area (Å²) >= 11 is 0. The predicted molar refractivity (Wildman–Crippen MR) is 103 cm³/mol. The Balaban J connectivity index is 1.16. The molecule has 1 atom stereocenters. The van der Waals surface area contributed by atoms with Crippen molar-refractivity contribution in [2.45, 2.75) is 51.5 Å². The Morgan fingerprint density at radius 2 is 1.71 bits per heavy atom. The van der Waals surface area contributed by atoms with Gasteiger partial charge in [-0.05, 0) is 86.8 Å². The highest BCUT2D eigenvalue weighted by molar-refractivity contribution is 5.97. The van der Waals surface area contributed by atoms with Crippen LogP contribution in [0.15, 0.2) is 18.2 Å². The lowest BCUT2D eigenvalue weighted by molar-refractivity contribution is -0.124. The Hall–Kier alpha value is -2.24. The first-order valence-electron chi connectivity index (χ1n) is 10.5. The zero-order chi connectivity index (χ0) is 19.3. The van der Waals surface area contributed by atoms with Crippen LogP contribution in [0.25, 0.3) is 0 Å². The third kappa shape index (κ3) is 3.12. The van der Waals surface area contributed by atoms with Crippen LogP contribution >= 0.6 is 0 Å². The molecule has 1 aromatic carbocycles. The molecule has 4 fully saturated rings. The van der Waals surface area contributed by atoms with Crippen molar-refractivity contribution in [1.82, 2.24) is 10.6 Å². The molecule has 6 nitrogen and oxygen atoms in total. The fourth-order valence-electron chi connectivity index (χ4n) is 6.45. The van der Waals surface area contributed by atoms with E-state index in [1.165, 1.54) is 38.5 Å². The van der Waals surface area contributed by atoms with Crippen molar-refractivity contribution in [2.75, 3.05) is 13.3 Å². The minimum atomic E-state index is -0.282. The fourth-order valence-corrected chi connectivity index (χ4v) is 6.45. The molecule has 4 saturated carbocycles. The van der Waals surface area contributed by atoms with Crippen LogP contribution in [0.4, 0.5) is 0 Å². The molecule has 0 spiro atoms. The van der Waals surface area contributed by atoms with Gasteiger partial charge in [0, 0.05) is 11.6 Å². The van der Waals surface area contributed by atoms with Crippen molar-refractivity contribution >= 4 is 11.8 Å². The van der Waals surface area contributed by atoms with Crippen molar-refractivity contribution in [3.63, 3.8) is 0 Å². The molecule has 0 saturated heterocycles. The summed E-state index contributed by atoms with van der Waals surface area (Å²) in [5.74, 6) is 3.38. The number of ether oxygens (including phenoxy) is 2. The summed E-state index contributed by atoms with van der Waals surface area (Å²) in [4.78, 5) is 24.9. The largest absolute Gasteiger partial charge is 0.454 e. The molecule has 6 rings (SSSR count). The highest BCUT2D eigenvalue weighted by Gasteiger charge is 2.53. The molecule has 1 aromatic rings. The maximum Gasteiger partial charge on any atom is 0.251 e. The molecule has 150 valence electrons. The van der Waals surface area contributed by atoms with Gasteiger partial charge in [-0.15, -0.1) is 0 Å². The molecule has 1 aliphatic heterocycles. The van der Waals surface area contributed by atoms with Gasteiger partial charge in [0.1, 0.15) is 0 Å². The second-order valence-corrected chi connectivity index (χ2v) is 9.32. The number of nitrogens with one attached hydrogen (secondary N) is 2. The number of carbonyl (C=O) groups is 2. The summed E-state index contributed by atoms with van der Waals surface area (Å²) in [6.07, 6.45) is 7.94. The van der Waals surface area contributed by atoms with E-state index >= 15 is 0 Å². The first-order valence-corrected chi connectivity index (χ1v) is 10.5. The van der Waals surface area contributed by atoms with Crippen molar-refractivity contribution in [2.24, 2.45) is 23.2 Å². The van der Waals surface area contributed by atoms with Crippen LogP contribution < -0.4 is 20.1 Å². The molecule has 4 aliphatic carbocycles. The lowest BCUT2D eigenvalue weighted by Crippen LogP contribution is -2.56. The predicted octanol–water partition coefficient (Wildman–Crippen LogP) is 2.87. The summed E-state index contributed by atoms with van der Waals surface area (Å²) in [6.45, 7) is 2.32. The quantitative estimate of drug-likeness (QED) is 0.818. The Kier molecular flexibility index (Phi) is 4.25. The Labute approximate surface area is 165 Å². The minimum absolute atomic E-state index is 0.00994. The van der Waals surface area contributed by atoms with Crippen LogP contribution in [0.3, 0.4) is 0 Å². The summed E-state index contributed by atoms with van der Waals surface area (Å²) in [6, 6.07) is 5.20. The van der Waals surface area contributed by atoms with E-state index in [4.69, 9.17) is 9.47 Å². The second kappa shape index (κ2) is 6.68. The van der Waals surface area contributed by atoms with Crippen molar-refractivity contribution in [1.29, 1.82) is 0 Å². The number of carbonyl (C=O) groups excluding carboxylic acids is 2. The van der Waals surface area contributed by atoms with Gasteiger partial charge < -0.3 is 20.1 Å². The van der Waals surface area contributed by atoms with Crippen LogP contribution in [0.5, 0.6) is 11.5 Å². The molecule has 2 N–H and O–H groups in total. The number of hydrogen-bond acceptors (Lipinski definition) is 4. The van der Waals surface area contributed by atoms with Crippen LogP contribution in [0.2, 0.25) is 0 Å². The maximum atomic E-state index is 12.5. The van der Waals surface area contributed by atoms with E-state index in [2.05, 4.69) is 17.6 Å². The molecule has 5 aliphatic rings. The van der Waals surface area contributed by atoms with E-state index in [-0.39, 0.29) is 36.6 Å². The molecule has 1 heterocycles. The summed E-state index contributed by atoms with van der Waals surface area (Å²) < 4.78 is 10.6. The molecule has 0 aromatic heterocycles. The van der Waals surface area contributed by atoms with Crippen molar-refractivity contribution in [3.8, 4) is 11.5 Å². The first-order chi connectivity index (χ1) is 13.5. The summed E-state index contributed by atoms with van der Waals surface area (Å²) in [5, 5.41) is 5.91. The minimum Gasteiger partial charge on any atom is -0.454 e. The lowest BCUT2D eigenvalue weighted by Gasteiger charge is -2.59. The van der Waals surface area contributed by atoms with Crippen molar-refractivity contribution in [3.05, 3.63) is 23.8 Å². The Bertz CT molecular complexity index is 770. The molecule has 2 amide bonds. The monoisotopic (exact) mass is 384 g/mol. The van der Waals surface area contributed by atoms with Crippen LogP contribution in [-0.2, 0) is 4.79 Å². The van der Waals surface area contributed by atoms with Gasteiger partial charge in [0.05, 0.1) is 6.54 Å². The average molecular weight is 384 g/mol. The van der Waals surface area contributed by atoms with E-state index in [9.17, 15) is 9.59 Å². The zero-order valence-electron chi connectivity index (χ0n) is 16.3. The standard InChI is InChI=1S/C22H28N2O4/c1-13(22-8-14-4-15(9-22)6-16(5-14)10-22)24-20(25)11-23-21(26)17-2-3-18-19(7-17)28-12-27-18/h2-3,7,13-16H,4-6,8-12H2,1H3,(H,23,26)(H,24,25)/t13-,14?,15?,16?,22?/m0/s1. The number of rotatable bonds is 5. The van der Waals surface area contributed by atoms with E-state index in [0.717, 1.165) is 17.8 Å². The molecular formula is C22H28N2O4. The topological polar surface area (TPSA) is 76.7 Å². The van der Waals surface area contributed by atoms with E-state index in [1.807, 2.05) is 0 Å². The molecule has 4 bridgehead atoms. The third-order valence-corrected chi connectivity index (χ3v) is 7.43. The van der Waals surface area contributed by atoms with E-state index < -0.39 is 0 Å². The van der Waals surface area contributed by atoms with Gasteiger partial charge in [0.15, 0.2) is 11.5 Å².